The number of aliphatic hydroxyl groups is 1. The zero-order valence-corrected chi connectivity index (χ0v) is 24.3. The van der Waals surface area contributed by atoms with Crippen molar-refractivity contribution in [1.82, 2.24) is 10.6 Å². The normalized spacial score (nSPS) is 24.0. The summed E-state index contributed by atoms with van der Waals surface area (Å²) in [6.07, 6.45) is 0.484. The summed E-state index contributed by atoms with van der Waals surface area (Å²) in [5.41, 5.74) is 0.551. The predicted molar refractivity (Wildman–Crippen MR) is 150 cm³/mol. The number of carbonyl (C=O) groups is 4. The minimum atomic E-state index is -4.68. The Bertz CT molecular complexity index is 1340. The van der Waals surface area contributed by atoms with E-state index in [0.29, 0.717) is 5.57 Å². The predicted octanol–water partition coefficient (Wildman–Crippen LogP) is 2.58. The second kappa shape index (κ2) is 13.7. The van der Waals surface area contributed by atoms with Crippen molar-refractivity contribution in [1.29, 1.82) is 0 Å². The van der Waals surface area contributed by atoms with Crippen LogP contribution in [0, 0.1) is 11.8 Å². The molecule has 1 aromatic carbocycles. The molecule has 1 heterocycles. The summed E-state index contributed by atoms with van der Waals surface area (Å²) in [7, 11) is 0. The fraction of sp³-hybridized carbons (Fsp3) is 0.548. The number of esters is 2. The monoisotopic (exact) mass is 636 g/mol. The van der Waals surface area contributed by atoms with Crippen LogP contribution in [0.5, 0.6) is 0 Å². The van der Waals surface area contributed by atoms with Gasteiger partial charge in [-0.2, -0.15) is 13.2 Å². The molecule has 5 rings (SSSR count). The highest BCUT2D eigenvalue weighted by Crippen LogP contribution is 2.59. The van der Waals surface area contributed by atoms with E-state index in [1.165, 1.54) is 12.1 Å². The zero-order valence-electron chi connectivity index (χ0n) is 24.3. The van der Waals surface area contributed by atoms with Crippen molar-refractivity contribution < 1.29 is 56.4 Å². The number of rotatable bonds is 13. The third kappa shape index (κ3) is 8.30. The van der Waals surface area contributed by atoms with Crippen LogP contribution in [0.15, 0.2) is 42.0 Å². The van der Waals surface area contributed by atoms with E-state index in [4.69, 9.17) is 19.3 Å². The summed E-state index contributed by atoms with van der Waals surface area (Å²) in [6.45, 7) is -1.79. The SMILES string of the molecule is O=C(CCNC(=O)C1=C[C@H]2OC(C3CC3)(C3CC3)O[C@H]2[C@H](OC(=O)c2ccccc2C=CC(=O)OCC(F)(F)F)C1)NCCO. The van der Waals surface area contributed by atoms with Gasteiger partial charge in [0.1, 0.15) is 18.3 Å². The quantitative estimate of drug-likeness (QED) is 0.219. The van der Waals surface area contributed by atoms with E-state index in [-0.39, 0.29) is 61.4 Å². The molecule has 14 heteroatoms. The van der Waals surface area contributed by atoms with Crippen molar-refractivity contribution in [2.24, 2.45) is 11.8 Å². The molecule has 4 aliphatic rings. The summed E-state index contributed by atoms with van der Waals surface area (Å²) in [6, 6.07) is 6.08. The largest absolute Gasteiger partial charge is 0.456 e. The Morgan fingerprint density at radius 1 is 1.02 bits per heavy atom. The third-order valence-electron chi connectivity index (χ3n) is 7.99. The fourth-order valence-corrected chi connectivity index (χ4v) is 5.64. The van der Waals surface area contributed by atoms with E-state index in [1.807, 2.05) is 0 Å². The molecule has 2 saturated carbocycles. The Kier molecular flexibility index (Phi) is 9.94. The molecule has 0 bridgehead atoms. The van der Waals surface area contributed by atoms with E-state index in [1.54, 1.807) is 18.2 Å². The number of carbonyl (C=O) groups excluding carboxylic acids is 4. The first-order valence-corrected chi connectivity index (χ1v) is 14.9. The number of aliphatic hydroxyl groups excluding tert-OH is 1. The van der Waals surface area contributed by atoms with Crippen molar-refractivity contribution >= 4 is 29.8 Å². The van der Waals surface area contributed by atoms with Gasteiger partial charge >= 0.3 is 18.1 Å². The number of fused-ring (bicyclic) bond motifs is 1. The van der Waals surface area contributed by atoms with Gasteiger partial charge < -0.3 is 34.7 Å². The minimum Gasteiger partial charge on any atom is -0.456 e. The summed E-state index contributed by atoms with van der Waals surface area (Å²) in [4.78, 5) is 50.3. The van der Waals surface area contributed by atoms with Crippen LogP contribution in [0.2, 0.25) is 0 Å². The molecule has 1 aromatic rings. The molecular weight excluding hydrogens is 601 g/mol. The van der Waals surface area contributed by atoms with Gasteiger partial charge in [-0.05, 0) is 49.5 Å². The van der Waals surface area contributed by atoms with Gasteiger partial charge in [-0.3, -0.25) is 9.59 Å². The molecule has 11 nitrogen and oxygen atoms in total. The second-order valence-electron chi connectivity index (χ2n) is 11.5. The molecular formula is C31H35F3N2O9. The van der Waals surface area contributed by atoms with Gasteiger partial charge in [-0.15, -0.1) is 0 Å². The molecule has 1 aliphatic heterocycles. The maximum atomic E-state index is 13.5. The first-order valence-electron chi connectivity index (χ1n) is 14.9. The lowest BCUT2D eigenvalue weighted by molar-refractivity contribution is -0.209. The Morgan fingerprint density at radius 2 is 1.73 bits per heavy atom. The molecule has 2 amide bonds. The van der Waals surface area contributed by atoms with Gasteiger partial charge in [0.15, 0.2) is 12.4 Å². The molecule has 3 atom stereocenters. The average Bonchev–Trinajstić information content (AvgIpc) is 3.95. The number of amides is 2. The molecule has 3 N–H and O–H groups in total. The number of alkyl halides is 3. The molecule has 0 aromatic heterocycles. The summed E-state index contributed by atoms with van der Waals surface area (Å²) in [5.74, 6) is -3.21. The molecule has 0 unspecified atom stereocenters. The number of hydrogen-bond acceptors (Lipinski definition) is 9. The van der Waals surface area contributed by atoms with E-state index < -0.39 is 54.7 Å². The van der Waals surface area contributed by atoms with Crippen LogP contribution in [0.25, 0.3) is 6.08 Å². The van der Waals surface area contributed by atoms with Crippen molar-refractivity contribution in [3.63, 3.8) is 0 Å². The highest BCUT2D eigenvalue weighted by atomic mass is 19.4. The first-order chi connectivity index (χ1) is 21.5. The van der Waals surface area contributed by atoms with Crippen LogP contribution in [-0.2, 0) is 33.3 Å². The molecule has 0 spiro atoms. The molecule has 244 valence electrons. The van der Waals surface area contributed by atoms with Crippen LogP contribution in [0.3, 0.4) is 0 Å². The standard InChI is InChI=1S/C31H35F3N2O9/c32-30(33,34)17-42-26(39)10-5-18-3-1-2-4-22(18)29(41)43-23-15-19(28(40)36-12-11-25(38)35-13-14-37)16-24-27(23)45-31(44-24,20-6-7-20)21-8-9-21/h1-5,10,16,20-21,23-24,27,37H,6-9,11-15,17H2,(H,35,38)(H,36,40)/t23-,24-,27+/m1/s1. The maximum Gasteiger partial charge on any atom is 0.422 e. The lowest BCUT2D eigenvalue weighted by atomic mass is 9.91. The van der Waals surface area contributed by atoms with Gasteiger partial charge in [-0.25, -0.2) is 9.59 Å². The number of nitrogens with one attached hydrogen (secondary N) is 2. The fourth-order valence-electron chi connectivity index (χ4n) is 5.64. The van der Waals surface area contributed by atoms with Crippen LogP contribution < -0.4 is 10.6 Å². The molecule has 1 saturated heterocycles. The smallest absolute Gasteiger partial charge is 0.422 e. The topological polar surface area (TPSA) is 149 Å². The van der Waals surface area contributed by atoms with Crippen molar-refractivity contribution in [3.05, 3.63) is 53.1 Å². The second-order valence-corrected chi connectivity index (χ2v) is 11.5. The lowest BCUT2D eigenvalue weighted by Gasteiger charge is -2.31. The van der Waals surface area contributed by atoms with Crippen LogP contribution in [0.1, 0.15) is 54.4 Å². The van der Waals surface area contributed by atoms with Crippen LogP contribution in [0.4, 0.5) is 13.2 Å². The first kappa shape index (κ1) is 32.6. The van der Waals surface area contributed by atoms with Gasteiger partial charge in [0.25, 0.3) is 0 Å². The zero-order chi connectivity index (χ0) is 32.2. The molecule has 3 aliphatic carbocycles. The minimum absolute atomic E-state index is 0.00359. The Balaban J connectivity index is 1.30. The van der Waals surface area contributed by atoms with Crippen molar-refractivity contribution in [3.8, 4) is 0 Å². The number of halogens is 3. The summed E-state index contributed by atoms with van der Waals surface area (Å²) >= 11 is 0. The number of hydrogen-bond donors (Lipinski definition) is 3. The Labute approximate surface area is 257 Å². The number of benzene rings is 1. The van der Waals surface area contributed by atoms with E-state index in [0.717, 1.165) is 37.8 Å². The van der Waals surface area contributed by atoms with E-state index in [2.05, 4.69) is 15.4 Å². The third-order valence-corrected chi connectivity index (χ3v) is 7.99. The maximum absolute atomic E-state index is 13.5. The molecule has 3 fully saturated rings. The van der Waals surface area contributed by atoms with Crippen molar-refractivity contribution in [2.75, 3.05) is 26.3 Å². The highest BCUT2D eigenvalue weighted by Gasteiger charge is 2.64. The van der Waals surface area contributed by atoms with Crippen molar-refractivity contribution in [2.45, 2.75) is 68.8 Å². The lowest BCUT2D eigenvalue weighted by Crippen LogP contribution is -2.44. The van der Waals surface area contributed by atoms with Gasteiger partial charge in [0, 0.05) is 49.4 Å². The van der Waals surface area contributed by atoms with Gasteiger partial charge in [0.05, 0.1) is 12.2 Å². The van der Waals surface area contributed by atoms with E-state index >= 15 is 0 Å². The molecule has 45 heavy (non-hydrogen) atoms. The van der Waals surface area contributed by atoms with Gasteiger partial charge in [-0.1, -0.05) is 18.2 Å². The average molecular weight is 637 g/mol. The van der Waals surface area contributed by atoms with Crippen LogP contribution >= 0.6 is 0 Å². The van der Waals surface area contributed by atoms with Gasteiger partial charge in [0.2, 0.25) is 11.8 Å². The van der Waals surface area contributed by atoms with E-state index in [9.17, 15) is 32.3 Å². The summed E-state index contributed by atoms with van der Waals surface area (Å²) < 4.78 is 60.4. The Morgan fingerprint density at radius 3 is 2.40 bits per heavy atom. The summed E-state index contributed by atoms with van der Waals surface area (Å²) in [5, 5.41) is 14.1. The highest BCUT2D eigenvalue weighted by molar-refractivity contribution is 5.96. The Hall–Kier alpha value is -3.75. The molecule has 0 radical (unpaired) electrons. The number of ether oxygens (including phenoxy) is 4. The van der Waals surface area contributed by atoms with Crippen LogP contribution in [-0.4, -0.2) is 85.4 Å².